The van der Waals surface area contributed by atoms with Crippen molar-refractivity contribution < 1.29 is 5.11 Å². The van der Waals surface area contributed by atoms with Crippen LogP contribution < -0.4 is 11.1 Å². The maximum atomic E-state index is 8.59. The highest BCUT2D eigenvalue weighted by Crippen LogP contribution is 2.14. The number of unbranched alkanes of at least 4 members (excludes halogenated alkanes) is 1. The molecule has 1 aromatic rings. The molecular weight excluding hydrogens is 180 g/mol. The first-order valence-corrected chi connectivity index (χ1v) is 4.67. The summed E-state index contributed by atoms with van der Waals surface area (Å²) in [6.45, 7) is 2.90. The van der Waals surface area contributed by atoms with Crippen molar-refractivity contribution in [1.29, 1.82) is 0 Å². The van der Waals surface area contributed by atoms with Crippen LogP contribution in [0, 0.1) is 6.92 Å². The van der Waals surface area contributed by atoms with E-state index < -0.39 is 0 Å². The second kappa shape index (κ2) is 5.39. The largest absolute Gasteiger partial charge is 0.396 e. The van der Waals surface area contributed by atoms with Crippen LogP contribution in [0.5, 0.6) is 0 Å². The Balaban J connectivity index is 2.46. The van der Waals surface area contributed by atoms with Crippen molar-refractivity contribution in [3.8, 4) is 0 Å². The van der Waals surface area contributed by atoms with Gasteiger partial charge in [0.25, 0.3) is 0 Å². The summed E-state index contributed by atoms with van der Waals surface area (Å²) in [4.78, 5) is 7.94. The van der Waals surface area contributed by atoms with E-state index in [0.717, 1.165) is 30.8 Å². The molecule has 0 aromatic carbocycles. The van der Waals surface area contributed by atoms with E-state index in [1.54, 1.807) is 0 Å². The second-order valence-electron chi connectivity index (χ2n) is 3.09. The molecule has 14 heavy (non-hydrogen) atoms. The maximum Gasteiger partial charge on any atom is 0.134 e. The third-order valence-corrected chi connectivity index (χ3v) is 2.00. The van der Waals surface area contributed by atoms with Gasteiger partial charge >= 0.3 is 0 Å². The van der Waals surface area contributed by atoms with E-state index in [-0.39, 0.29) is 6.61 Å². The van der Waals surface area contributed by atoms with Gasteiger partial charge in [0.2, 0.25) is 0 Å². The van der Waals surface area contributed by atoms with Gasteiger partial charge in [-0.1, -0.05) is 0 Å². The van der Waals surface area contributed by atoms with Crippen molar-refractivity contribution >= 4 is 11.6 Å². The van der Waals surface area contributed by atoms with Gasteiger partial charge in [-0.3, -0.25) is 0 Å². The first kappa shape index (κ1) is 10.7. The molecule has 0 amide bonds. The van der Waals surface area contributed by atoms with Gasteiger partial charge in [0.15, 0.2) is 0 Å². The molecule has 0 saturated heterocycles. The third-order valence-electron chi connectivity index (χ3n) is 2.00. The van der Waals surface area contributed by atoms with Crippen LogP contribution in [0.4, 0.5) is 11.6 Å². The van der Waals surface area contributed by atoms with Crippen molar-refractivity contribution in [3.63, 3.8) is 0 Å². The van der Waals surface area contributed by atoms with E-state index in [2.05, 4.69) is 15.3 Å². The summed E-state index contributed by atoms with van der Waals surface area (Å²) in [6.07, 6.45) is 3.16. The molecule has 0 unspecified atom stereocenters. The Hall–Kier alpha value is -1.36. The molecule has 1 heterocycles. The Morgan fingerprint density at radius 1 is 1.43 bits per heavy atom. The molecule has 4 N–H and O–H groups in total. The topological polar surface area (TPSA) is 84.1 Å². The summed E-state index contributed by atoms with van der Waals surface area (Å²) in [5.41, 5.74) is 6.49. The van der Waals surface area contributed by atoms with Gasteiger partial charge in [-0.05, 0) is 19.8 Å². The molecule has 0 radical (unpaired) electrons. The van der Waals surface area contributed by atoms with E-state index in [1.807, 2.05) is 6.92 Å². The fraction of sp³-hybridized carbons (Fsp3) is 0.556. The van der Waals surface area contributed by atoms with Crippen molar-refractivity contribution in [2.24, 2.45) is 0 Å². The highest BCUT2D eigenvalue weighted by Gasteiger charge is 2.02. The highest BCUT2D eigenvalue weighted by atomic mass is 16.2. The van der Waals surface area contributed by atoms with Gasteiger partial charge in [-0.2, -0.15) is 0 Å². The number of aliphatic hydroxyl groups is 1. The normalized spacial score (nSPS) is 10.1. The van der Waals surface area contributed by atoms with Crippen LogP contribution in [0.15, 0.2) is 6.33 Å². The van der Waals surface area contributed by atoms with Gasteiger partial charge < -0.3 is 16.2 Å². The summed E-state index contributed by atoms with van der Waals surface area (Å²) in [5, 5.41) is 11.7. The molecule has 0 atom stereocenters. The Bertz CT molecular complexity index is 290. The zero-order chi connectivity index (χ0) is 10.4. The van der Waals surface area contributed by atoms with E-state index in [0.29, 0.717) is 5.82 Å². The highest BCUT2D eigenvalue weighted by molar-refractivity contribution is 5.53. The quantitative estimate of drug-likeness (QED) is 0.599. The van der Waals surface area contributed by atoms with Crippen molar-refractivity contribution in [2.75, 3.05) is 24.2 Å². The second-order valence-corrected chi connectivity index (χ2v) is 3.09. The molecule has 0 aliphatic heterocycles. The molecule has 0 bridgehead atoms. The molecule has 0 aliphatic rings. The molecule has 78 valence electrons. The summed E-state index contributed by atoms with van der Waals surface area (Å²) >= 11 is 0. The van der Waals surface area contributed by atoms with Crippen LogP contribution in [-0.2, 0) is 0 Å². The molecule has 1 aromatic heterocycles. The van der Waals surface area contributed by atoms with Crippen LogP contribution in [0.25, 0.3) is 0 Å². The van der Waals surface area contributed by atoms with E-state index in [1.165, 1.54) is 6.33 Å². The molecule has 1 rings (SSSR count). The fourth-order valence-corrected chi connectivity index (χ4v) is 1.09. The van der Waals surface area contributed by atoms with E-state index in [4.69, 9.17) is 10.8 Å². The summed E-state index contributed by atoms with van der Waals surface area (Å²) in [5.74, 6) is 1.28. The average molecular weight is 196 g/mol. The molecular formula is C9H16N4O. The number of hydrogen-bond donors (Lipinski definition) is 3. The molecule has 5 heteroatoms. The number of hydrogen-bond acceptors (Lipinski definition) is 5. The number of nitrogens with one attached hydrogen (secondary N) is 1. The Kier molecular flexibility index (Phi) is 4.12. The SMILES string of the molecule is Cc1c(N)ncnc1NCCCCO. The number of nitrogen functional groups attached to an aromatic ring is 1. The summed E-state index contributed by atoms with van der Waals surface area (Å²) in [7, 11) is 0. The predicted octanol–water partition coefficient (Wildman–Crippen LogP) is 0.552. The zero-order valence-electron chi connectivity index (χ0n) is 8.32. The van der Waals surface area contributed by atoms with Crippen LogP contribution >= 0.6 is 0 Å². The number of anilines is 2. The fourth-order valence-electron chi connectivity index (χ4n) is 1.09. The number of rotatable bonds is 5. The minimum absolute atomic E-state index is 0.229. The van der Waals surface area contributed by atoms with Crippen LogP contribution in [-0.4, -0.2) is 28.2 Å². The van der Waals surface area contributed by atoms with Crippen LogP contribution in [0.2, 0.25) is 0 Å². The lowest BCUT2D eigenvalue weighted by Gasteiger charge is -2.08. The molecule has 0 spiro atoms. The summed E-state index contributed by atoms with van der Waals surface area (Å²) in [6, 6.07) is 0. The minimum Gasteiger partial charge on any atom is -0.396 e. The first-order chi connectivity index (χ1) is 6.75. The van der Waals surface area contributed by atoms with Gasteiger partial charge in [0.1, 0.15) is 18.0 Å². The lowest BCUT2D eigenvalue weighted by Crippen LogP contribution is -2.07. The smallest absolute Gasteiger partial charge is 0.134 e. The number of nitrogens with zero attached hydrogens (tertiary/aromatic N) is 2. The minimum atomic E-state index is 0.229. The zero-order valence-corrected chi connectivity index (χ0v) is 8.32. The van der Waals surface area contributed by atoms with Crippen LogP contribution in [0.3, 0.4) is 0 Å². The molecule has 0 aliphatic carbocycles. The Morgan fingerprint density at radius 2 is 2.21 bits per heavy atom. The van der Waals surface area contributed by atoms with Gasteiger partial charge in [0.05, 0.1) is 0 Å². The van der Waals surface area contributed by atoms with Crippen LogP contribution in [0.1, 0.15) is 18.4 Å². The molecule has 0 fully saturated rings. The number of aliphatic hydroxyl groups excluding tert-OH is 1. The third kappa shape index (κ3) is 2.85. The Morgan fingerprint density at radius 3 is 2.93 bits per heavy atom. The van der Waals surface area contributed by atoms with Crippen molar-refractivity contribution in [2.45, 2.75) is 19.8 Å². The predicted molar refractivity (Wildman–Crippen MR) is 56.0 cm³/mol. The number of aromatic nitrogens is 2. The molecule has 5 nitrogen and oxygen atoms in total. The van der Waals surface area contributed by atoms with E-state index >= 15 is 0 Å². The maximum absolute atomic E-state index is 8.59. The van der Waals surface area contributed by atoms with Crippen molar-refractivity contribution in [1.82, 2.24) is 9.97 Å². The standard InChI is InChI=1S/C9H16N4O/c1-7-8(10)12-6-13-9(7)11-4-2-3-5-14/h6,14H,2-5H2,1H3,(H3,10,11,12,13). The van der Waals surface area contributed by atoms with Gasteiger partial charge in [-0.25, -0.2) is 9.97 Å². The monoisotopic (exact) mass is 196 g/mol. The van der Waals surface area contributed by atoms with Gasteiger partial charge in [-0.15, -0.1) is 0 Å². The Labute approximate surface area is 83.4 Å². The van der Waals surface area contributed by atoms with Crippen molar-refractivity contribution in [3.05, 3.63) is 11.9 Å². The van der Waals surface area contributed by atoms with E-state index in [9.17, 15) is 0 Å². The summed E-state index contributed by atoms with van der Waals surface area (Å²) < 4.78 is 0. The molecule has 0 saturated carbocycles. The first-order valence-electron chi connectivity index (χ1n) is 4.67. The van der Waals surface area contributed by atoms with Gasteiger partial charge in [0, 0.05) is 18.7 Å². The number of nitrogens with two attached hydrogens (primary N) is 1. The lowest BCUT2D eigenvalue weighted by atomic mass is 10.3. The lowest BCUT2D eigenvalue weighted by molar-refractivity contribution is 0.286. The average Bonchev–Trinajstić information content (AvgIpc) is 2.19.